The summed E-state index contributed by atoms with van der Waals surface area (Å²) in [6, 6.07) is 20.3. The van der Waals surface area contributed by atoms with Crippen molar-refractivity contribution in [3.63, 3.8) is 0 Å². The molecular weight excluding hydrogens is 374 g/mol. The van der Waals surface area contributed by atoms with Gasteiger partial charge in [-0.05, 0) is 49.0 Å². The predicted molar refractivity (Wildman–Crippen MR) is 115 cm³/mol. The summed E-state index contributed by atoms with van der Waals surface area (Å²) < 4.78 is 0. The summed E-state index contributed by atoms with van der Waals surface area (Å²) in [5.41, 5.74) is 1.28. The van der Waals surface area contributed by atoms with E-state index in [1.54, 1.807) is 43.1 Å². The first-order chi connectivity index (χ1) is 13.4. The fourth-order valence-corrected chi connectivity index (χ4v) is 3.01. The number of carbonyl (C=O) groups excluding carboxylic acids is 2. The van der Waals surface area contributed by atoms with E-state index < -0.39 is 6.04 Å². The number of nitrogens with zero attached hydrogens (tertiary/aromatic N) is 1. The molecule has 0 aliphatic rings. The van der Waals surface area contributed by atoms with Crippen LogP contribution in [0.5, 0.6) is 0 Å². The van der Waals surface area contributed by atoms with E-state index in [-0.39, 0.29) is 18.4 Å². The predicted octanol–water partition coefficient (Wildman–Crippen LogP) is 4.39. The average molecular weight is 396 g/mol. The molecule has 0 heterocycles. The van der Waals surface area contributed by atoms with E-state index in [9.17, 15) is 9.59 Å². The standard InChI is InChI=1S/C22H22ClN3O2/c1-15(26(2)14-21(27)25-20-10-6-5-9-19(20)23)22(28)24-18-12-11-16-7-3-4-8-17(16)13-18/h3-13,15H,14H2,1-2H3,(H,24,28)(H,25,27)/t15-/m0/s1. The zero-order valence-electron chi connectivity index (χ0n) is 15.8. The normalized spacial score (nSPS) is 12.0. The highest BCUT2D eigenvalue weighted by molar-refractivity contribution is 6.33. The third-order valence-corrected chi connectivity index (χ3v) is 4.93. The Morgan fingerprint density at radius 1 is 0.964 bits per heavy atom. The van der Waals surface area contributed by atoms with Gasteiger partial charge in [-0.25, -0.2) is 0 Å². The minimum Gasteiger partial charge on any atom is -0.325 e. The highest BCUT2D eigenvalue weighted by Crippen LogP contribution is 2.21. The summed E-state index contributed by atoms with van der Waals surface area (Å²) in [6.07, 6.45) is 0. The number of nitrogens with one attached hydrogen (secondary N) is 2. The number of carbonyl (C=O) groups is 2. The van der Waals surface area contributed by atoms with Gasteiger partial charge in [0, 0.05) is 5.69 Å². The van der Waals surface area contributed by atoms with E-state index in [0.29, 0.717) is 10.7 Å². The molecular formula is C22H22ClN3O2. The molecule has 2 N–H and O–H groups in total. The molecule has 3 aromatic carbocycles. The van der Waals surface area contributed by atoms with Crippen molar-refractivity contribution in [2.45, 2.75) is 13.0 Å². The molecule has 0 aliphatic carbocycles. The number of para-hydroxylation sites is 1. The van der Waals surface area contributed by atoms with Crippen molar-refractivity contribution in [1.29, 1.82) is 0 Å². The van der Waals surface area contributed by atoms with E-state index in [4.69, 9.17) is 11.6 Å². The zero-order chi connectivity index (χ0) is 20.1. The summed E-state index contributed by atoms with van der Waals surface area (Å²) in [5, 5.41) is 8.32. The Kier molecular flexibility index (Phi) is 6.29. The average Bonchev–Trinajstić information content (AvgIpc) is 2.69. The lowest BCUT2D eigenvalue weighted by atomic mass is 10.1. The van der Waals surface area contributed by atoms with Crippen LogP contribution in [-0.4, -0.2) is 36.3 Å². The summed E-state index contributed by atoms with van der Waals surface area (Å²) in [4.78, 5) is 26.5. The summed E-state index contributed by atoms with van der Waals surface area (Å²) in [7, 11) is 1.73. The van der Waals surface area contributed by atoms with E-state index >= 15 is 0 Å². The molecule has 3 rings (SSSR count). The molecule has 0 bridgehead atoms. The number of hydrogen-bond acceptors (Lipinski definition) is 3. The quantitative estimate of drug-likeness (QED) is 0.650. The van der Waals surface area contributed by atoms with Crippen molar-refractivity contribution in [1.82, 2.24) is 4.90 Å². The second kappa shape index (κ2) is 8.87. The van der Waals surface area contributed by atoms with Gasteiger partial charge in [0.1, 0.15) is 0 Å². The van der Waals surface area contributed by atoms with Crippen LogP contribution in [0.15, 0.2) is 66.7 Å². The lowest BCUT2D eigenvalue weighted by molar-refractivity contribution is -0.122. The molecule has 0 fully saturated rings. The molecule has 2 amide bonds. The first-order valence-electron chi connectivity index (χ1n) is 8.98. The van der Waals surface area contributed by atoms with E-state index in [2.05, 4.69) is 10.6 Å². The maximum Gasteiger partial charge on any atom is 0.241 e. The number of amides is 2. The van der Waals surface area contributed by atoms with Gasteiger partial charge in [-0.15, -0.1) is 0 Å². The molecule has 1 atom stereocenters. The second-order valence-corrected chi connectivity index (χ2v) is 7.08. The molecule has 0 unspecified atom stereocenters. The van der Waals surface area contributed by atoms with Gasteiger partial charge in [-0.3, -0.25) is 14.5 Å². The van der Waals surface area contributed by atoms with Crippen LogP contribution in [0, 0.1) is 0 Å². The summed E-state index contributed by atoms with van der Waals surface area (Å²) in [5.74, 6) is -0.413. The topological polar surface area (TPSA) is 61.4 Å². The number of fused-ring (bicyclic) bond motifs is 1. The minimum absolute atomic E-state index is 0.0670. The van der Waals surface area contributed by atoms with Gasteiger partial charge in [0.2, 0.25) is 11.8 Å². The van der Waals surface area contributed by atoms with Gasteiger partial charge in [0.25, 0.3) is 0 Å². The summed E-state index contributed by atoms with van der Waals surface area (Å²) in [6.45, 7) is 1.83. The van der Waals surface area contributed by atoms with Crippen LogP contribution >= 0.6 is 11.6 Å². The van der Waals surface area contributed by atoms with Gasteiger partial charge < -0.3 is 10.6 Å². The molecule has 0 aromatic heterocycles. The molecule has 144 valence electrons. The molecule has 0 saturated heterocycles. The van der Waals surface area contributed by atoms with Crippen molar-refractivity contribution in [2.75, 3.05) is 24.2 Å². The van der Waals surface area contributed by atoms with Crippen molar-refractivity contribution < 1.29 is 9.59 Å². The number of anilines is 2. The van der Waals surface area contributed by atoms with Gasteiger partial charge >= 0.3 is 0 Å². The Labute approximate surface area is 169 Å². The SMILES string of the molecule is C[C@@H](C(=O)Nc1ccc2ccccc2c1)N(C)CC(=O)Nc1ccccc1Cl. The Balaban J connectivity index is 1.58. The lowest BCUT2D eigenvalue weighted by Crippen LogP contribution is -2.43. The monoisotopic (exact) mass is 395 g/mol. The van der Waals surface area contributed by atoms with Crippen LogP contribution in [0.2, 0.25) is 5.02 Å². The highest BCUT2D eigenvalue weighted by atomic mass is 35.5. The van der Waals surface area contributed by atoms with Gasteiger partial charge in [0.05, 0.1) is 23.3 Å². The van der Waals surface area contributed by atoms with Crippen molar-refractivity contribution in [3.8, 4) is 0 Å². The maximum atomic E-state index is 12.6. The smallest absolute Gasteiger partial charge is 0.241 e. The number of rotatable bonds is 6. The molecule has 0 spiro atoms. The fourth-order valence-electron chi connectivity index (χ4n) is 2.83. The number of benzene rings is 3. The second-order valence-electron chi connectivity index (χ2n) is 6.67. The van der Waals surface area contributed by atoms with E-state index in [1.807, 2.05) is 42.5 Å². The van der Waals surface area contributed by atoms with Crippen molar-refractivity contribution >= 4 is 45.6 Å². The van der Waals surface area contributed by atoms with Crippen LogP contribution in [-0.2, 0) is 9.59 Å². The number of hydrogen-bond donors (Lipinski definition) is 2. The van der Waals surface area contributed by atoms with E-state index in [0.717, 1.165) is 16.5 Å². The largest absolute Gasteiger partial charge is 0.325 e. The van der Waals surface area contributed by atoms with Gasteiger partial charge in [-0.2, -0.15) is 0 Å². The molecule has 0 aliphatic heterocycles. The molecule has 6 heteroatoms. The Morgan fingerprint density at radius 3 is 2.39 bits per heavy atom. The van der Waals surface area contributed by atoms with Crippen molar-refractivity contribution in [3.05, 3.63) is 71.8 Å². The van der Waals surface area contributed by atoms with Gasteiger partial charge in [-0.1, -0.05) is 54.1 Å². The molecule has 5 nitrogen and oxygen atoms in total. The molecule has 28 heavy (non-hydrogen) atoms. The highest BCUT2D eigenvalue weighted by Gasteiger charge is 2.20. The Bertz CT molecular complexity index is 1010. The molecule has 0 saturated carbocycles. The van der Waals surface area contributed by atoms with Crippen molar-refractivity contribution in [2.24, 2.45) is 0 Å². The fraction of sp³-hybridized carbons (Fsp3) is 0.182. The number of likely N-dealkylation sites (N-methyl/N-ethyl adjacent to an activating group) is 1. The third kappa shape index (κ3) is 4.88. The van der Waals surface area contributed by atoms with Crippen LogP contribution < -0.4 is 10.6 Å². The zero-order valence-corrected chi connectivity index (χ0v) is 16.5. The summed E-state index contributed by atoms with van der Waals surface area (Å²) >= 11 is 6.06. The van der Waals surface area contributed by atoms with E-state index in [1.165, 1.54) is 0 Å². The molecule has 3 aromatic rings. The van der Waals surface area contributed by atoms with Crippen LogP contribution in [0.3, 0.4) is 0 Å². The lowest BCUT2D eigenvalue weighted by Gasteiger charge is -2.23. The Morgan fingerprint density at radius 2 is 1.64 bits per heavy atom. The van der Waals surface area contributed by atoms with Gasteiger partial charge in [0.15, 0.2) is 0 Å². The maximum absolute atomic E-state index is 12.6. The minimum atomic E-state index is -0.483. The van der Waals surface area contributed by atoms with Crippen LogP contribution in [0.25, 0.3) is 10.8 Å². The van der Waals surface area contributed by atoms with Crippen LogP contribution in [0.1, 0.15) is 6.92 Å². The van der Waals surface area contributed by atoms with Crippen LogP contribution in [0.4, 0.5) is 11.4 Å². The first-order valence-corrected chi connectivity index (χ1v) is 9.36. The third-order valence-electron chi connectivity index (χ3n) is 4.60. The first kappa shape index (κ1) is 19.9. The molecule has 0 radical (unpaired) electrons. The number of halogens is 1. The Hall–Kier alpha value is -2.89.